The number of ether oxygens (including phenoxy) is 1. The Balaban J connectivity index is 2.58. The third-order valence-electron chi connectivity index (χ3n) is 4.65. The number of benzene rings is 1. The molecule has 14 heteroatoms. The normalized spacial score (nSPS) is 14.2. The zero-order valence-electron chi connectivity index (χ0n) is 18.2. The zero-order valence-corrected chi connectivity index (χ0v) is 19.8. The fraction of sp³-hybridized carbons (Fsp3) is 0.579. The summed E-state index contributed by atoms with van der Waals surface area (Å²) in [6.07, 6.45) is -4.92. The largest absolute Gasteiger partial charge is 0.441 e. The molecule has 0 fully saturated rings. The number of hydrogen-bond acceptors (Lipinski definition) is 8. The van der Waals surface area contributed by atoms with Crippen molar-refractivity contribution in [2.24, 2.45) is 5.92 Å². The average Bonchev–Trinajstić information content (AvgIpc) is 2.71. The molecular formula is C19H26F3NO8S2. The summed E-state index contributed by atoms with van der Waals surface area (Å²) < 4.78 is 94.6. The molecule has 1 aromatic carbocycles. The topological polar surface area (TPSA) is 133 Å². The van der Waals surface area contributed by atoms with E-state index in [1.54, 1.807) is 6.92 Å². The van der Waals surface area contributed by atoms with Gasteiger partial charge >= 0.3 is 22.3 Å². The molecule has 33 heavy (non-hydrogen) atoms. The fourth-order valence-electron chi connectivity index (χ4n) is 2.27. The van der Waals surface area contributed by atoms with Gasteiger partial charge in [-0.3, -0.25) is 4.79 Å². The number of esters is 1. The number of sulfone groups is 1. The Hall–Kier alpha value is -2.35. The molecule has 0 radical (unpaired) electrons. The minimum absolute atomic E-state index is 0.0461. The van der Waals surface area contributed by atoms with E-state index in [1.165, 1.54) is 12.1 Å². The van der Waals surface area contributed by atoms with Crippen LogP contribution in [0.25, 0.3) is 0 Å². The summed E-state index contributed by atoms with van der Waals surface area (Å²) in [6, 6.07) is 4.71. The summed E-state index contributed by atoms with van der Waals surface area (Å²) >= 11 is 0. The van der Waals surface area contributed by atoms with E-state index >= 15 is 0 Å². The van der Waals surface area contributed by atoms with Crippen LogP contribution in [-0.2, 0) is 29.5 Å². The van der Waals surface area contributed by atoms with Gasteiger partial charge in [-0.2, -0.15) is 21.6 Å². The summed E-state index contributed by atoms with van der Waals surface area (Å²) in [5.41, 5.74) is 0.0461. The summed E-state index contributed by atoms with van der Waals surface area (Å²) in [4.78, 5) is 23.6. The van der Waals surface area contributed by atoms with Crippen LogP contribution >= 0.6 is 0 Å². The Morgan fingerprint density at radius 3 is 2.12 bits per heavy atom. The van der Waals surface area contributed by atoms with Crippen LogP contribution in [0.15, 0.2) is 24.3 Å². The molecule has 0 spiro atoms. The molecular weight excluding hydrogens is 491 g/mol. The lowest BCUT2D eigenvalue weighted by molar-refractivity contribution is -0.127. The van der Waals surface area contributed by atoms with E-state index in [4.69, 9.17) is 8.92 Å². The van der Waals surface area contributed by atoms with Crippen molar-refractivity contribution in [3.8, 4) is 5.75 Å². The van der Waals surface area contributed by atoms with Crippen LogP contribution in [-0.4, -0.2) is 58.4 Å². The van der Waals surface area contributed by atoms with Crippen molar-refractivity contribution in [3.63, 3.8) is 0 Å². The zero-order chi connectivity index (χ0) is 25.4. The molecule has 1 rings (SSSR count). The first kappa shape index (κ1) is 28.7. The highest BCUT2D eigenvalue weighted by molar-refractivity contribution is 7.92. The van der Waals surface area contributed by atoms with E-state index in [1.807, 2.05) is 6.92 Å². The van der Waals surface area contributed by atoms with E-state index in [2.05, 4.69) is 5.32 Å². The Morgan fingerprint density at radius 1 is 1.03 bits per heavy atom. The van der Waals surface area contributed by atoms with Crippen molar-refractivity contribution in [3.05, 3.63) is 29.8 Å². The molecule has 9 nitrogen and oxygen atoms in total. The molecule has 0 saturated carbocycles. The SMILES string of the molecule is CCC(C)C(=O)NCOC(=O)c1ccc(OS(=O)(=O)CCCS(=O)(=O)C(C)C(F)(F)F)cc1. The van der Waals surface area contributed by atoms with E-state index < -0.39 is 55.3 Å². The molecule has 2 atom stereocenters. The van der Waals surface area contributed by atoms with Gasteiger partial charge < -0.3 is 14.2 Å². The molecule has 1 amide bonds. The van der Waals surface area contributed by atoms with Crippen LogP contribution in [0.3, 0.4) is 0 Å². The predicted molar refractivity (Wildman–Crippen MR) is 113 cm³/mol. The predicted octanol–water partition coefficient (Wildman–Crippen LogP) is 2.43. The Labute approximate surface area is 190 Å². The molecule has 188 valence electrons. The fourth-order valence-corrected chi connectivity index (χ4v) is 4.74. The lowest BCUT2D eigenvalue weighted by Crippen LogP contribution is -2.35. The number of halogens is 3. The molecule has 0 saturated heterocycles. The lowest BCUT2D eigenvalue weighted by Gasteiger charge is -2.16. The maximum Gasteiger partial charge on any atom is 0.405 e. The monoisotopic (exact) mass is 517 g/mol. The second kappa shape index (κ2) is 11.7. The average molecular weight is 518 g/mol. The second-order valence-corrected chi connectivity index (χ2v) is 11.3. The molecule has 0 aliphatic heterocycles. The van der Waals surface area contributed by atoms with Gasteiger partial charge in [-0.25, -0.2) is 13.2 Å². The smallest absolute Gasteiger partial charge is 0.405 e. The lowest BCUT2D eigenvalue weighted by atomic mass is 10.1. The van der Waals surface area contributed by atoms with Crippen molar-refractivity contribution in [2.75, 3.05) is 18.2 Å². The summed E-state index contributed by atoms with van der Waals surface area (Å²) in [5.74, 6) is -3.29. The molecule has 2 unspecified atom stereocenters. The second-order valence-electron chi connectivity index (χ2n) is 7.20. The number of nitrogens with one attached hydrogen (secondary N) is 1. The first-order valence-electron chi connectivity index (χ1n) is 9.84. The van der Waals surface area contributed by atoms with Gasteiger partial charge in [-0.05, 0) is 44.0 Å². The van der Waals surface area contributed by atoms with Crippen LogP contribution in [0.2, 0.25) is 0 Å². The molecule has 0 aromatic heterocycles. The maximum atomic E-state index is 12.6. The highest BCUT2D eigenvalue weighted by atomic mass is 32.2. The highest BCUT2D eigenvalue weighted by Gasteiger charge is 2.44. The summed E-state index contributed by atoms with van der Waals surface area (Å²) in [6.45, 7) is 3.69. The van der Waals surface area contributed by atoms with Gasteiger partial charge in [-0.1, -0.05) is 13.8 Å². The molecule has 0 aliphatic rings. The maximum absolute atomic E-state index is 12.6. The highest BCUT2D eigenvalue weighted by Crippen LogP contribution is 2.26. The molecule has 1 aromatic rings. The van der Waals surface area contributed by atoms with E-state index in [0.717, 1.165) is 12.1 Å². The van der Waals surface area contributed by atoms with Crippen LogP contribution in [0.4, 0.5) is 13.2 Å². The molecule has 0 bridgehead atoms. The minimum Gasteiger partial charge on any atom is -0.441 e. The number of alkyl halides is 3. The van der Waals surface area contributed by atoms with Gasteiger partial charge in [0.25, 0.3) is 0 Å². The Morgan fingerprint density at radius 2 is 1.61 bits per heavy atom. The van der Waals surface area contributed by atoms with Gasteiger partial charge in [-0.15, -0.1) is 0 Å². The van der Waals surface area contributed by atoms with Crippen molar-refractivity contribution >= 4 is 31.8 Å². The number of hydrogen-bond donors (Lipinski definition) is 1. The molecule has 1 N–H and O–H groups in total. The van der Waals surface area contributed by atoms with Crippen LogP contribution in [0.5, 0.6) is 5.75 Å². The number of carbonyl (C=O) groups is 2. The van der Waals surface area contributed by atoms with Crippen molar-refractivity contribution in [1.29, 1.82) is 0 Å². The van der Waals surface area contributed by atoms with E-state index in [-0.39, 0.29) is 29.9 Å². The van der Waals surface area contributed by atoms with Gasteiger partial charge in [0.15, 0.2) is 21.8 Å². The van der Waals surface area contributed by atoms with Gasteiger partial charge in [0, 0.05) is 5.92 Å². The number of amides is 1. The molecule has 0 aliphatic carbocycles. The van der Waals surface area contributed by atoms with E-state index in [9.17, 15) is 39.6 Å². The van der Waals surface area contributed by atoms with Gasteiger partial charge in [0.05, 0.1) is 17.1 Å². The third-order valence-corrected chi connectivity index (χ3v) is 8.08. The van der Waals surface area contributed by atoms with Crippen molar-refractivity contribution < 1.29 is 48.5 Å². The first-order valence-corrected chi connectivity index (χ1v) is 13.1. The number of rotatable bonds is 12. The van der Waals surface area contributed by atoms with Crippen molar-refractivity contribution in [2.45, 2.75) is 45.0 Å². The minimum atomic E-state index is -4.95. The summed E-state index contributed by atoms with van der Waals surface area (Å²) in [7, 11) is -8.87. The van der Waals surface area contributed by atoms with Gasteiger partial charge in [0.1, 0.15) is 5.75 Å². The molecule has 0 heterocycles. The first-order chi connectivity index (χ1) is 15.1. The Kier molecular flexibility index (Phi) is 10.2. The van der Waals surface area contributed by atoms with E-state index in [0.29, 0.717) is 13.3 Å². The summed E-state index contributed by atoms with van der Waals surface area (Å²) in [5, 5.41) is -0.177. The third kappa shape index (κ3) is 9.58. The van der Waals surface area contributed by atoms with Crippen LogP contribution < -0.4 is 9.50 Å². The standard InChI is InChI=1S/C19H26F3NO8S2/c1-4-13(2)17(24)23-12-30-18(25)15-6-8-16(9-7-15)31-33(28,29)11-5-10-32(26,27)14(3)19(20,21)22/h6-9,13-14H,4-5,10-12H2,1-3H3,(H,23,24). The quantitative estimate of drug-likeness (QED) is 0.254. The van der Waals surface area contributed by atoms with Crippen LogP contribution in [0, 0.1) is 5.92 Å². The van der Waals surface area contributed by atoms with Crippen LogP contribution in [0.1, 0.15) is 44.0 Å². The van der Waals surface area contributed by atoms with Gasteiger partial charge in [0.2, 0.25) is 5.91 Å². The number of carbonyl (C=O) groups excluding carboxylic acids is 2. The van der Waals surface area contributed by atoms with Crippen molar-refractivity contribution in [1.82, 2.24) is 5.32 Å². The Bertz CT molecular complexity index is 1020.